The molecule has 0 heterocycles. The van der Waals surface area contributed by atoms with Crippen LogP contribution < -0.4 is 9.47 Å². The van der Waals surface area contributed by atoms with Crippen LogP contribution >= 0.6 is 0 Å². The molecule has 4 heteroatoms. The van der Waals surface area contributed by atoms with E-state index in [0.29, 0.717) is 22.6 Å². The number of aldehydes is 1. The minimum absolute atomic E-state index is 0.108. The second kappa shape index (κ2) is 6.52. The highest BCUT2D eigenvalue weighted by atomic mass is 16.5. The number of methoxy groups -OCH3 is 1. The normalized spacial score (nSPS) is 9.85. The first-order valence-electron chi connectivity index (χ1n) is 6.09. The van der Waals surface area contributed by atoms with Crippen LogP contribution in [0.1, 0.15) is 20.7 Å². The summed E-state index contributed by atoms with van der Waals surface area (Å²) in [6.45, 7) is -0.108. The largest absolute Gasteiger partial charge is 0.496 e. The maximum Gasteiger partial charge on any atom is 0.203 e. The van der Waals surface area contributed by atoms with Gasteiger partial charge in [0.2, 0.25) is 5.78 Å². The summed E-state index contributed by atoms with van der Waals surface area (Å²) in [5.74, 6) is 0.819. The predicted molar refractivity (Wildman–Crippen MR) is 74.6 cm³/mol. The summed E-state index contributed by atoms with van der Waals surface area (Å²) in [5.41, 5.74) is 0.980. The molecule has 0 aliphatic carbocycles. The molecule has 0 saturated carbocycles. The van der Waals surface area contributed by atoms with Crippen LogP contribution in [0.15, 0.2) is 48.5 Å². The minimum Gasteiger partial charge on any atom is -0.496 e. The fraction of sp³-hybridized carbons (Fsp3) is 0.125. The standard InChI is InChI=1S/C16H14O4/c1-19-16-8-3-2-7-14(16)15(18)11-20-13-6-4-5-12(9-13)10-17/h2-10H,11H2,1H3. The second-order valence-electron chi connectivity index (χ2n) is 4.10. The SMILES string of the molecule is COc1ccccc1C(=O)COc1cccc(C=O)c1. The summed E-state index contributed by atoms with van der Waals surface area (Å²) in [7, 11) is 1.51. The van der Waals surface area contributed by atoms with Gasteiger partial charge in [-0.05, 0) is 24.3 Å². The molecule has 0 aliphatic heterocycles. The molecule has 0 bridgehead atoms. The van der Waals surface area contributed by atoms with E-state index >= 15 is 0 Å². The maximum absolute atomic E-state index is 12.1. The third kappa shape index (κ3) is 3.23. The van der Waals surface area contributed by atoms with Gasteiger partial charge in [-0.25, -0.2) is 0 Å². The van der Waals surface area contributed by atoms with Crippen LogP contribution in [0.5, 0.6) is 11.5 Å². The molecule has 20 heavy (non-hydrogen) atoms. The quantitative estimate of drug-likeness (QED) is 0.598. The Balaban J connectivity index is 2.06. The molecule has 0 amide bonds. The Labute approximate surface area is 116 Å². The van der Waals surface area contributed by atoms with Crippen molar-refractivity contribution in [3.8, 4) is 11.5 Å². The van der Waals surface area contributed by atoms with Crippen LogP contribution in [0.3, 0.4) is 0 Å². The molecule has 0 atom stereocenters. The summed E-state index contributed by atoms with van der Waals surface area (Å²) in [6.07, 6.45) is 0.731. The summed E-state index contributed by atoms with van der Waals surface area (Å²) >= 11 is 0. The van der Waals surface area contributed by atoms with Gasteiger partial charge in [-0.3, -0.25) is 9.59 Å². The molecule has 0 radical (unpaired) electrons. The molecular weight excluding hydrogens is 256 g/mol. The van der Waals surface area contributed by atoms with E-state index in [9.17, 15) is 9.59 Å². The molecule has 0 fully saturated rings. The first-order chi connectivity index (χ1) is 9.74. The van der Waals surface area contributed by atoms with Crippen LogP contribution in [0.2, 0.25) is 0 Å². The van der Waals surface area contributed by atoms with E-state index < -0.39 is 0 Å². The number of benzene rings is 2. The summed E-state index contributed by atoms with van der Waals surface area (Å²) in [5, 5.41) is 0. The number of rotatable bonds is 6. The van der Waals surface area contributed by atoms with E-state index in [1.807, 2.05) is 0 Å². The highest BCUT2D eigenvalue weighted by Gasteiger charge is 2.12. The van der Waals surface area contributed by atoms with Crippen molar-refractivity contribution >= 4 is 12.1 Å². The Hall–Kier alpha value is -2.62. The van der Waals surface area contributed by atoms with Crippen molar-refractivity contribution in [3.05, 3.63) is 59.7 Å². The average molecular weight is 270 g/mol. The number of ketones is 1. The van der Waals surface area contributed by atoms with Crippen LogP contribution in [-0.2, 0) is 0 Å². The van der Waals surface area contributed by atoms with Gasteiger partial charge in [-0.1, -0.05) is 24.3 Å². The number of carbonyl (C=O) groups excluding carboxylic acids is 2. The Bertz CT molecular complexity index is 619. The van der Waals surface area contributed by atoms with Crippen LogP contribution in [0.25, 0.3) is 0 Å². The molecule has 2 aromatic carbocycles. The fourth-order valence-corrected chi connectivity index (χ4v) is 1.78. The van der Waals surface area contributed by atoms with Crippen molar-refractivity contribution in [2.75, 3.05) is 13.7 Å². The zero-order valence-electron chi connectivity index (χ0n) is 11.0. The molecule has 102 valence electrons. The first-order valence-corrected chi connectivity index (χ1v) is 6.09. The molecule has 0 spiro atoms. The topological polar surface area (TPSA) is 52.6 Å². The number of Topliss-reactive ketones (excluding diaryl/α,β-unsaturated/α-hetero) is 1. The number of hydrogen-bond donors (Lipinski definition) is 0. The third-order valence-electron chi connectivity index (χ3n) is 2.77. The monoisotopic (exact) mass is 270 g/mol. The summed E-state index contributed by atoms with van der Waals surface area (Å²) < 4.78 is 10.5. The van der Waals surface area contributed by atoms with Crippen LogP contribution in [0.4, 0.5) is 0 Å². The van der Waals surface area contributed by atoms with Crippen LogP contribution in [0, 0.1) is 0 Å². The first kappa shape index (κ1) is 13.8. The van der Waals surface area contributed by atoms with Gasteiger partial charge in [0.25, 0.3) is 0 Å². The Morgan fingerprint density at radius 3 is 2.70 bits per heavy atom. The van der Waals surface area contributed by atoms with Crippen molar-refractivity contribution in [1.82, 2.24) is 0 Å². The molecule has 0 unspecified atom stereocenters. The van der Waals surface area contributed by atoms with Crippen molar-refractivity contribution in [2.45, 2.75) is 0 Å². The van der Waals surface area contributed by atoms with E-state index in [1.165, 1.54) is 7.11 Å². The number of ether oxygens (including phenoxy) is 2. The van der Waals surface area contributed by atoms with Gasteiger partial charge in [0, 0.05) is 5.56 Å². The lowest BCUT2D eigenvalue weighted by Gasteiger charge is -2.09. The smallest absolute Gasteiger partial charge is 0.203 e. The van der Waals surface area contributed by atoms with Gasteiger partial charge in [-0.2, -0.15) is 0 Å². The Morgan fingerprint density at radius 1 is 1.15 bits per heavy atom. The zero-order valence-corrected chi connectivity index (χ0v) is 11.0. The number of carbonyl (C=O) groups is 2. The molecule has 4 nitrogen and oxygen atoms in total. The summed E-state index contributed by atoms with van der Waals surface area (Å²) in [6, 6.07) is 13.6. The molecule has 2 rings (SSSR count). The highest BCUT2D eigenvalue weighted by Crippen LogP contribution is 2.19. The molecule has 0 saturated heterocycles. The van der Waals surface area contributed by atoms with Crippen LogP contribution in [-0.4, -0.2) is 25.8 Å². The van der Waals surface area contributed by atoms with Crippen molar-refractivity contribution in [1.29, 1.82) is 0 Å². The highest BCUT2D eigenvalue weighted by molar-refractivity contribution is 5.99. The van der Waals surface area contributed by atoms with Gasteiger partial charge >= 0.3 is 0 Å². The Kier molecular flexibility index (Phi) is 4.50. The van der Waals surface area contributed by atoms with Gasteiger partial charge < -0.3 is 9.47 Å². The molecule has 0 N–H and O–H groups in total. The lowest BCUT2D eigenvalue weighted by molar-refractivity contribution is 0.0918. The van der Waals surface area contributed by atoms with E-state index in [2.05, 4.69) is 0 Å². The van der Waals surface area contributed by atoms with E-state index in [4.69, 9.17) is 9.47 Å². The third-order valence-corrected chi connectivity index (χ3v) is 2.77. The average Bonchev–Trinajstić information content (AvgIpc) is 2.52. The summed E-state index contributed by atoms with van der Waals surface area (Å²) in [4.78, 5) is 22.7. The zero-order chi connectivity index (χ0) is 14.4. The van der Waals surface area contributed by atoms with Gasteiger partial charge in [0.15, 0.2) is 6.61 Å². The van der Waals surface area contributed by atoms with Gasteiger partial charge in [0.05, 0.1) is 12.7 Å². The Morgan fingerprint density at radius 2 is 1.95 bits per heavy atom. The van der Waals surface area contributed by atoms with E-state index in [1.54, 1.807) is 48.5 Å². The van der Waals surface area contributed by atoms with E-state index in [0.717, 1.165) is 6.29 Å². The molecule has 0 aromatic heterocycles. The van der Waals surface area contributed by atoms with Crippen molar-refractivity contribution < 1.29 is 19.1 Å². The molecule has 2 aromatic rings. The lowest BCUT2D eigenvalue weighted by Crippen LogP contribution is -2.12. The lowest BCUT2D eigenvalue weighted by atomic mass is 10.1. The van der Waals surface area contributed by atoms with Crippen molar-refractivity contribution in [2.24, 2.45) is 0 Å². The fourth-order valence-electron chi connectivity index (χ4n) is 1.78. The van der Waals surface area contributed by atoms with Gasteiger partial charge in [0.1, 0.15) is 17.8 Å². The van der Waals surface area contributed by atoms with Crippen molar-refractivity contribution in [3.63, 3.8) is 0 Å². The predicted octanol–water partition coefficient (Wildman–Crippen LogP) is 2.77. The maximum atomic E-state index is 12.1. The number of para-hydroxylation sites is 1. The van der Waals surface area contributed by atoms with Gasteiger partial charge in [-0.15, -0.1) is 0 Å². The molecular formula is C16H14O4. The number of hydrogen-bond acceptors (Lipinski definition) is 4. The second-order valence-corrected chi connectivity index (χ2v) is 4.10. The molecule has 0 aliphatic rings. The minimum atomic E-state index is -0.182. The van der Waals surface area contributed by atoms with E-state index in [-0.39, 0.29) is 12.4 Å².